The van der Waals surface area contributed by atoms with Crippen LogP contribution in [0.4, 0.5) is 10.1 Å². The molecule has 35 heavy (non-hydrogen) atoms. The summed E-state index contributed by atoms with van der Waals surface area (Å²) in [5.41, 5.74) is 4.50. The summed E-state index contributed by atoms with van der Waals surface area (Å²) in [5.74, 6) is -1.31. The van der Waals surface area contributed by atoms with Crippen molar-refractivity contribution in [2.24, 2.45) is 5.10 Å². The second-order valence-electron chi connectivity index (χ2n) is 7.26. The van der Waals surface area contributed by atoms with E-state index in [9.17, 15) is 14.0 Å². The number of hydrogen-bond acceptors (Lipinski definition) is 5. The lowest BCUT2D eigenvalue weighted by molar-refractivity contribution is -0.136. The Bertz CT molecular complexity index is 1270. The van der Waals surface area contributed by atoms with Crippen molar-refractivity contribution in [2.45, 2.75) is 20.5 Å². The quantitative estimate of drug-likeness (QED) is 0.195. The van der Waals surface area contributed by atoms with Crippen LogP contribution in [-0.2, 0) is 16.2 Å². The SMILES string of the molecule is CCOc1cc(C=NNC(=O)C(=O)Nc2ccc(Br)cc2C)cc(Br)c1OCc1ccccc1F. The lowest BCUT2D eigenvalue weighted by Crippen LogP contribution is -2.32. The third-order valence-corrected chi connectivity index (χ3v) is 5.77. The van der Waals surface area contributed by atoms with E-state index < -0.39 is 11.8 Å². The van der Waals surface area contributed by atoms with Gasteiger partial charge in [0, 0.05) is 15.7 Å². The first kappa shape index (κ1) is 26.4. The zero-order valence-electron chi connectivity index (χ0n) is 18.9. The molecule has 0 saturated carbocycles. The first-order chi connectivity index (χ1) is 16.8. The maximum Gasteiger partial charge on any atom is 0.329 e. The molecule has 0 saturated heterocycles. The minimum absolute atomic E-state index is 0.0157. The number of carbonyl (C=O) groups is 2. The number of halogens is 3. The number of rotatable bonds is 8. The summed E-state index contributed by atoms with van der Waals surface area (Å²) in [6, 6.07) is 15.0. The zero-order chi connectivity index (χ0) is 25.4. The van der Waals surface area contributed by atoms with Crippen LogP contribution in [0.25, 0.3) is 0 Å². The molecular formula is C25H22Br2FN3O4. The molecule has 0 aliphatic rings. The molecule has 2 N–H and O–H groups in total. The maximum absolute atomic E-state index is 13.9. The highest BCUT2D eigenvalue weighted by Crippen LogP contribution is 2.37. The number of aryl methyl sites for hydroxylation is 1. The van der Waals surface area contributed by atoms with Gasteiger partial charge in [-0.2, -0.15) is 5.10 Å². The molecule has 0 unspecified atom stereocenters. The van der Waals surface area contributed by atoms with Gasteiger partial charge >= 0.3 is 11.8 Å². The number of benzene rings is 3. The molecule has 0 fully saturated rings. The zero-order valence-corrected chi connectivity index (χ0v) is 22.1. The summed E-state index contributed by atoms with van der Waals surface area (Å²) in [4.78, 5) is 24.3. The van der Waals surface area contributed by atoms with E-state index in [0.29, 0.717) is 39.4 Å². The molecule has 182 valence electrons. The van der Waals surface area contributed by atoms with Gasteiger partial charge < -0.3 is 14.8 Å². The largest absolute Gasteiger partial charge is 0.490 e. The molecule has 2 amide bonds. The molecule has 0 atom stereocenters. The number of hydrazone groups is 1. The van der Waals surface area contributed by atoms with Crippen molar-refractivity contribution in [3.63, 3.8) is 0 Å². The molecule has 0 radical (unpaired) electrons. The molecule has 0 heterocycles. The molecule has 10 heteroatoms. The Morgan fingerprint density at radius 1 is 1.06 bits per heavy atom. The van der Waals surface area contributed by atoms with Crippen molar-refractivity contribution in [1.82, 2.24) is 5.43 Å². The minimum atomic E-state index is -0.919. The van der Waals surface area contributed by atoms with Crippen LogP contribution in [0.5, 0.6) is 11.5 Å². The highest BCUT2D eigenvalue weighted by Gasteiger charge is 2.15. The third kappa shape index (κ3) is 7.37. The first-order valence-corrected chi connectivity index (χ1v) is 12.1. The molecule has 3 aromatic rings. The Labute approximate surface area is 219 Å². The van der Waals surface area contributed by atoms with Crippen LogP contribution in [0.2, 0.25) is 0 Å². The van der Waals surface area contributed by atoms with Crippen LogP contribution in [-0.4, -0.2) is 24.6 Å². The van der Waals surface area contributed by atoms with Crippen LogP contribution in [0, 0.1) is 12.7 Å². The normalized spacial score (nSPS) is 10.8. The summed E-state index contributed by atoms with van der Waals surface area (Å²) in [6.07, 6.45) is 1.37. The molecule has 0 bridgehead atoms. The van der Waals surface area contributed by atoms with Crippen LogP contribution < -0.4 is 20.2 Å². The highest BCUT2D eigenvalue weighted by atomic mass is 79.9. The molecule has 3 rings (SSSR count). The molecule has 3 aromatic carbocycles. The van der Waals surface area contributed by atoms with E-state index in [1.54, 1.807) is 42.5 Å². The van der Waals surface area contributed by atoms with E-state index >= 15 is 0 Å². The van der Waals surface area contributed by atoms with Gasteiger partial charge in [-0.1, -0.05) is 34.1 Å². The van der Waals surface area contributed by atoms with Crippen molar-refractivity contribution in [1.29, 1.82) is 0 Å². The molecule has 0 aliphatic carbocycles. The van der Waals surface area contributed by atoms with Gasteiger partial charge in [0.05, 0.1) is 17.3 Å². The Balaban J connectivity index is 1.66. The minimum Gasteiger partial charge on any atom is -0.490 e. The monoisotopic (exact) mass is 605 g/mol. The van der Waals surface area contributed by atoms with Gasteiger partial charge in [-0.05, 0) is 77.3 Å². The van der Waals surface area contributed by atoms with E-state index in [-0.39, 0.29) is 12.4 Å². The lowest BCUT2D eigenvalue weighted by Gasteiger charge is -2.15. The number of amides is 2. The topological polar surface area (TPSA) is 89.0 Å². The number of hydrogen-bond donors (Lipinski definition) is 2. The summed E-state index contributed by atoms with van der Waals surface area (Å²) in [7, 11) is 0. The average Bonchev–Trinajstić information content (AvgIpc) is 2.81. The number of anilines is 1. The molecular weight excluding hydrogens is 585 g/mol. The average molecular weight is 607 g/mol. The highest BCUT2D eigenvalue weighted by molar-refractivity contribution is 9.10. The van der Waals surface area contributed by atoms with E-state index in [1.165, 1.54) is 12.3 Å². The fourth-order valence-electron chi connectivity index (χ4n) is 2.99. The van der Waals surface area contributed by atoms with Gasteiger partial charge in [0.2, 0.25) is 0 Å². The fourth-order valence-corrected chi connectivity index (χ4v) is 4.04. The second kappa shape index (κ2) is 12.5. The van der Waals surface area contributed by atoms with Gasteiger partial charge in [-0.25, -0.2) is 9.82 Å². The van der Waals surface area contributed by atoms with E-state index in [0.717, 1.165) is 10.0 Å². The van der Waals surface area contributed by atoms with Gasteiger partial charge in [-0.15, -0.1) is 0 Å². The Kier molecular flexibility index (Phi) is 9.39. The lowest BCUT2D eigenvalue weighted by atomic mass is 10.2. The summed E-state index contributed by atoms with van der Waals surface area (Å²) in [5, 5.41) is 6.40. The Hall–Kier alpha value is -3.24. The predicted molar refractivity (Wildman–Crippen MR) is 139 cm³/mol. The second-order valence-corrected chi connectivity index (χ2v) is 9.03. The number of nitrogens with one attached hydrogen (secondary N) is 2. The third-order valence-electron chi connectivity index (χ3n) is 4.68. The molecule has 7 nitrogen and oxygen atoms in total. The van der Waals surface area contributed by atoms with Crippen molar-refractivity contribution >= 4 is 55.6 Å². The fraction of sp³-hybridized carbons (Fsp3) is 0.160. The molecule has 0 aromatic heterocycles. The number of nitrogens with zero attached hydrogens (tertiary/aromatic N) is 1. The predicted octanol–water partition coefficient (Wildman–Crippen LogP) is 5.73. The molecule has 0 spiro atoms. The first-order valence-electron chi connectivity index (χ1n) is 10.5. The standard InChI is InChI=1S/C25H22Br2FN3O4/c1-3-34-22-12-16(11-19(27)23(22)35-14-17-6-4-5-7-20(17)28)13-29-31-25(33)24(32)30-21-9-8-18(26)10-15(21)2/h4-13H,3,14H2,1-2H3,(H,30,32)(H,31,33). The van der Waals surface area contributed by atoms with Crippen molar-refractivity contribution < 1.29 is 23.5 Å². The maximum atomic E-state index is 13.9. The summed E-state index contributed by atoms with van der Waals surface area (Å²) in [6.45, 7) is 4.02. The van der Waals surface area contributed by atoms with E-state index in [2.05, 4.69) is 47.7 Å². The molecule has 0 aliphatic heterocycles. The van der Waals surface area contributed by atoms with Crippen molar-refractivity contribution in [3.05, 3.63) is 86.1 Å². The number of ether oxygens (including phenoxy) is 2. The Morgan fingerprint density at radius 3 is 2.54 bits per heavy atom. The van der Waals surface area contributed by atoms with E-state index in [1.807, 2.05) is 19.9 Å². The van der Waals surface area contributed by atoms with Crippen LogP contribution in [0.15, 0.2) is 68.6 Å². The summed E-state index contributed by atoms with van der Waals surface area (Å²) >= 11 is 6.79. The summed E-state index contributed by atoms with van der Waals surface area (Å²) < 4.78 is 26.8. The van der Waals surface area contributed by atoms with Crippen molar-refractivity contribution in [2.75, 3.05) is 11.9 Å². The van der Waals surface area contributed by atoms with Gasteiger partial charge in [0.25, 0.3) is 0 Å². The van der Waals surface area contributed by atoms with Crippen LogP contribution in [0.1, 0.15) is 23.6 Å². The van der Waals surface area contributed by atoms with Gasteiger partial charge in [0.1, 0.15) is 12.4 Å². The van der Waals surface area contributed by atoms with E-state index in [4.69, 9.17) is 9.47 Å². The van der Waals surface area contributed by atoms with Gasteiger partial charge in [-0.3, -0.25) is 9.59 Å². The van der Waals surface area contributed by atoms with Crippen LogP contribution >= 0.6 is 31.9 Å². The Morgan fingerprint density at radius 2 is 1.83 bits per heavy atom. The number of carbonyl (C=O) groups excluding carboxylic acids is 2. The van der Waals surface area contributed by atoms with Gasteiger partial charge in [0.15, 0.2) is 11.5 Å². The smallest absolute Gasteiger partial charge is 0.329 e. The van der Waals surface area contributed by atoms with Crippen molar-refractivity contribution in [3.8, 4) is 11.5 Å². The van der Waals surface area contributed by atoms with Crippen LogP contribution in [0.3, 0.4) is 0 Å².